The van der Waals surface area contributed by atoms with Crippen LogP contribution in [0.4, 0.5) is 0 Å². The number of nitrogens with zero attached hydrogens (tertiary/aromatic N) is 1. The quantitative estimate of drug-likeness (QED) is 0.711. The van der Waals surface area contributed by atoms with Gasteiger partial charge >= 0.3 is 0 Å². The first-order valence-electron chi connectivity index (χ1n) is 5.29. The van der Waals surface area contributed by atoms with Gasteiger partial charge in [-0.2, -0.15) is 0 Å². The highest BCUT2D eigenvalue weighted by molar-refractivity contribution is 6.63. The van der Waals surface area contributed by atoms with Gasteiger partial charge in [0.25, 0.3) is 0 Å². The molecule has 1 fully saturated rings. The second kappa shape index (κ2) is 6.08. The molecule has 1 aliphatic rings. The number of hydrogen-bond acceptors (Lipinski definition) is 3. The van der Waals surface area contributed by atoms with Crippen molar-refractivity contribution in [1.82, 2.24) is 4.90 Å². The van der Waals surface area contributed by atoms with Gasteiger partial charge in [-0.05, 0) is 50.5 Å². The lowest BCUT2D eigenvalue weighted by atomic mass is 9.96. The number of carbonyl (C=O) groups is 2. The zero-order valence-electron chi connectivity index (χ0n) is 8.75. The van der Waals surface area contributed by atoms with E-state index in [1.54, 1.807) is 0 Å². The first kappa shape index (κ1) is 12.5. The molecule has 1 rings (SSSR count). The van der Waals surface area contributed by atoms with E-state index in [0.717, 1.165) is 38.9 Å². The van der Waals surface area contributed by atoms with E-state index in [4.69, 9.17) is 17.3 Å². The SMILES string of the molecule is NC(=O)C1CCN(CCCC(=O)Cl)CC1. The van der Waals surface area contributed by atoms with Crippen molar-refractivity contribution in [3.63, 3.8) is 0 Å². The van der Waals surface area contributed by atoms with Crippen LogP contribution in [0.25, 0.3) is 0 Å². The van der Waals surface area contributed by atoms with Crippen LogP contribution in [-0.2, 0) is 9.59 Å². The highest BCUT2D eigenvalue weighted by atomic mass is 35.5. The molecule has 1 saturated heterocycles. The Kier molecular flexibility index (Phi) is 5.05. The molecule has 1 amide bonds. The zero-order chi connectivity index (χ0) is 11.3. The average Bonchev–Trinajstić information content (AvgIpc) is 2.18. The Bertz CT molecular complexity index is 235. The van der Waals surface area contributed by atoms with E-state index in [1.165, 1.54) is 0 Å². The van der Waals surface area contributed by atoms with E-state index in [0.29, 0.717) is 6.42 Å². The van der Waals surface area contributed by atoms with Gasteiger partial charge in [-0.1, -0.05) is 0 Å². The van der Waals surface area contributed by atoms with Crippen LogP contribution >= 0.6 is 11.6 Å². The third-order valence-electron chi connectivity index (χ3n) is 2.84. The Hall–Kier alpha value is -0.610. The van der Waals surface area contributed by atoms with Crippen LogP contribution in [0.5, 0.6) is 0 Å². The summed E-state index contributed by atoms with van der Waals surface area (Å²) in [5.74, 6) is -0.151. The summed E-state index contributed by atoms with van der Waals surface area (Å²) in [6.07, 6.45) is 2.90. The number of halogens is 1. The van der Waals surface area contributed by atoms with Crippen LogP contribution < -0.4 is 5.73 Å². The Morgan fingerprint density at radius 3 is 2.40 bits per heavy atom. The van der Waals surface area contributed by atoms with Crippen LogP contribution in [0.1, 0.15) is 25.7 Å². The molecule has 0 aromatic carbocycles. The molecular weight excluding hydrogens is 216 g/mol. The number of nitrogens with two attached hydrogens (primary N) is 1. The van der Waals surface area contributed by atoms with Crippen LogP contribution in [0.3, 0.4) is 0 Å². The summed E-state index contributed by atoms with van der Waals surface area (Å²) >= 11 is 5.24. The molecule has 1 heterocycles. The molecule has 86 valence electrons. The van der Waals surface area contributed by atoms with Gasteiger partial charge in [0.1, 0.15) is 0 Å². The summed E-state index contributed by atoms with van der Waals surface area (Å²) in [5.41, 5.74) is 5.23. The molecule has 0 aliphatic carbocycles. The molecule has 0 unspecified atom stereocenters. The fraction of sp³-hybridized carbons (Fsp3) is 0.800. The lowest BCUT2D eigenvalue weighted by Crippen LogP contribution is -2.38. The topological polar surface area (TPSA) is 63.4 Å². The molecule has 0 atom stereocenters. The highest BCUT2D eigenvalue weighted by Gasteiger charge is 2.22. The molecule has 0 saturated carbocycles. The minimum absolute atomic E-state index is 0.0379. The molecule has 5 heteroatoms. The first-order chi connectivity index (χ1) is 7.09. The van der Waals surface area contributed by atoms with E-state index in [1.807, 2.05) is 0 Å². The van der Waals surface area contributed by atoms with Crippen molar-refractivity contribution in [2.45, 2.75) is 25.7 Å². The minimum Gasteiger partial charge on any atom is -0.369 e. The lowest BCUT2D eigenvalue weighted by molar-refractivity contribution is -0.123. The smallest absolute Gasteiger partial charge is 0.221 e. The Labute approximate surface area is 94.7 Å². The number of hydrogen-bond donors (Lipinski definition) is 1. The van der Waals surface area contributed by atoms with Crippen molar-refractivity contribution < 1.29 is 9.59 Å². The minimum atomic E-state index is -0.276. The fourth-order valence-electron chi connectivity index (χ4n) is 1.88. The molecule has 0 bridgehead atoms. The fourth-order valence-corrected chi connectivity index (χ4v) is 2.02. The Morgan fingerprint density at radius 2 is 1.93 bits per heavy atom. The van der Waals surface area contributed by atoms with Gasteiger partial charge < -0.3 is 10.6 Å². The summed E-state index contributed by atoms with van der Waals surface area (Å²) in [5, 5.41) is -0.276. The van der Waals surface area contributed by atoms with Crippen molar-refractivity contribution in [2.24, 2.45) is 11.7 Å². The number of amides is 1. The largest absolute Gasteiger partial charge is 0.369 e. The van der Waals surface area contributed by atoms with E-state index in [9.17, 15) is 9.59 Å². The van der Waals surface area contributed by atoms with Crippen molar-refractivity contribution >= 4 is 22.8 Å². The van der Waals surface area contributed by atoms with Crippen LogP contribution in [-0.4, -0.2) is 35.7 Å². The second-order valence-electron chi connectivity index (χ2n) is 3.98. The van der Waals surface area contributed by atoms with Crippen molar-refractivity contribution in [3.05, 3.63) is 0 Å². The zero-order valence-corrected chi connectivity index (χ0v) is 9.50. The third-order valence-corrected chi connectivity index (χ3v) is 3.03. The van der Waals surface area contributed by atoms with E-state index in [-0.39, 0.29) is 17.1 Å². The standard InChI is InChI=1S/C10H17ClN2O2/c11-9(14)2-1-5-13-6-3-8(4-7-13)10(12)15/h8H,1-7H2,(H2,12,15). The summed E-state index contributed by atoms with van der Waals surface area (Å²) in [7, 11) is 0. The van der Waals surface area contributed by atoms with Gasteiger partial charge in [-0.3, -0.25) is 9.59 Å². The number of rotatable bonds is 5. The highest BCUT2D eigenvalue weighted by Crippen LogP contribution is 2.16. The van der Waals surface area contributed by atoms with Crippen LogP contribution in [0.15, 0.2) is 0 Å². The monoisotopic (exact) mass is 232 g/mol. The van der Waals surface area contributed by atoms with E-state index < -0.39 is 0 Å². The van der Waals surface area contributed by atoms with Gasteiger partial charge in [0.05, 0.1) is 0 Å². The Balaban J connectivity index is 2.14. The maximum atomic E-state index is 10.9. The number of likely N-dealkylation sites (tertiary alicyclic amines) is 1. The summed E-state index contributed by atoms with van der Waals surface area (Å²) in [4.78, 5) is 23.7. The normalized spacial score (nSPS) is 19.0. The van der Waals surface area contributed by atoms with Crippen LogP contribution in [0.2, 0.25) is 0 Å². The van der Waals surface area contributed by atoms with Gasteiger partial charge in [-0.25, -0.2) is 0 Å². The van der Waals surface area contributed by atoms with E-state index >= 15 is 0 Å². The summed E-state index contributed by atoms with van der Waals surface area (Å²) in [6, 6.07) is 0. The maximum Gasteiger partial charge on any atom is 0.221 e. The molecule has 1 aliphatic heterocycles. The molecule has 15 heavy (non-hydrogen) atoms. The molecule has 4 nitrogen and oxygen atoms in total. The predicted octanol–water partition coefficient (Wildman–Crippen LogP) is 0.729. The molecule has 0 aromatic heterocycles. The summed E-state index contributed by atoms with van der Waals surface area (Å²) in [6.45, 7) is 2.66. The Morgan fingerprint density at radius 1 is 1.33 bits per heavy atom. The molecule has 2 N–H and O–H groups in total. The molecular formula is C10H17ClN2O2. The van der Waals surface area contributed by atoms with Crippen molar-refractivity contribution in [3.8, 4) is 0 Å². The van der Waals surface area contributed by atoms with Gasteiger partial charge in [0.2, 0.25) is 11.1 Å². The van der Waals surface area contributed by atoms with Crippen molar-refractivity contribution in [1.29, 1.82) is 0 Å². The third kappa shape index (κ3) is 4.62. The first-order valence-corrected chi connectivity index (χ1v) is 5.67. The van der Waals surface area contributed by atoms with Gasteiger partial charge in [0, 0.05) is 12.3 Å². The number of piperidine rings is 1. The average molecular weight is 233 g/mol. The van der Waals surface area contributed by atoms with Crippen LogP contribution in [0, 0.1) is 5.92 Å². The van der Waals surface area contributed by atoms with Gasteiger partial charge in [0.15, 0.2) is 0 Å². The lowest BCUT2D eigenvalue weighted by Gasteiger charge is -2.30. The molecule has 0 aromatic rings. The number of carbonyl (C=O) groups excluding carboxylic acids is 2. The second-order valence-corrected chi connectivity index (χ2v) is 4.40. The maximum absolute atomic E-state index is 10.9. The predicted molar refractivity (Wildman–Crippen MR) is 58.5 cm³/mol. The van der Waals surface area contributed by atoms with Gasteiger partial charge in [-0.15, -0.1) is 0 Å². The molecule has 0 radical (unpaired) electrons. The van der Waals surface area contributed by atoms with Crippen molar-refractivity contribution in [2.75, 3.05) is 19.6 Å². The summed E-state index contributed by atoms with van der Waals surface area (Å²) < 4.78 is 0. The van der Waals surface area contributed by atoms with E-state index in [2.05, 4.69) is 4.90 Å². The molecule has 0 spiro atoms. The number of primary amides is 1.